The zero-order valence-electron chi connectivity index (χ0n) is 9.66. The maximum absolute atomic E-state index is 5.65. The lowest BCUT2D eigenvalue weighted by Gasteiger charge is -1.99. The topological polar surface area (TPSA) is 82.2 Å². The molecular formula is C10H11N5OS2. The molecule has 0 bridgehead atoms. The van der Waals surface area contributed by atoms with Gasteiger partial charge in [0, 0.05) is 24.9 Å². The van der Waals surface area contributed by atoms with Crippen LogP contribution in [0.5, 0.6) is 0 Å². The predicted molar refractivity (Wildman–Crippen MR) is 69.0 cm³/mol. The summed E-state index contributed by atoms with van der Waals surface area (Å²) in [5, 5.41) is 11.2. The van der Waals surface area contributed by atoms with E-state index in [1.165, 1.54) is 11.8 Å². The van der Waals surface area contributed by atoms with Crippen molar-refractivity contribution >= 4 is 28.1 Å². The molecule has 0 amide bonds. The Kier molecular flexibility index (Phi) is 3.06. The zero-order valence-corrected chi connectivity index (χ0v) is 11.3. The molecule has 0 saturated carbocycles. The van der Waals surface area contributed by atoms with Crippen LogP contribution in [-0.2, 0) is 6.42 Å². The average Bonchev–Trinajstić information content (AvgIpc) is 3.00. The molecule has 0 fully saturated rings. The lowest BCUT2D eigenvalue weighted by molar-refractivity contribution is 0.429. The highest BCUT2D eigenvalue weighted by molar-refractivity contribution is 7.99. The van der Waals surface area contributed by atoms with Crippen LogP contribution in [0, 0.1) is 6.92 Å². The summed E-state index contributed by atoms with van der Waals surface area (Å²) >= 11 is 2.98. The van der Waals surface area contributed by atoms with Gasteiger partial charge in [-0.15, -0.1) is 21.5 Å². The Labute approximate surface area is 111 Å². The van der Waals surface area contributed by atoms with E-state index in [0.29, 0.717) is 17.7 Å². The van der Waals surface area contributed by atoms with Crippen molar-refractivity contribution in [3.05, 3.63) is 23.2 Å². The third kappa shape index (κ3) is 2.02. The lowest BCUT2D eigenvalue weighted by atomic mass is 10.3. The molecule has 0 aliphatic rings. The summed E-state index contributed by atoms with van der Waals surface area (Å²) in [5.41, 5.74) is 6.74. The lowest BCUT2D eigenvalue weighted by Crippen LogP contribution is -2.05. The number of rotatable bonds is 4. The van der Waals surface area contributed by atoms with Crippen molar-refractivity contribution in [3.63, 3.8) is 0 Å². The standard InChI is InChI=1S/C10H11N5OS2/c1-6-13-14-10(16-6)18-8-7(2-3-11)15-4-5-17-9(15)12-8/h4-5H,2-3,11H2,1H3. The van der Waals surface area contributed by atoms with E-state index in [0.717, 1.165) is 22.1 Å². The summed E-state index contributed by atoms with van der Waals surface area (Å²) in [6, 6.07) is 0. The number of imidazole rings is 1. The van der Waals surface area contributed by atoms with E-state index in [-0.39, 0.29) is 0 Å². The van der Waals surface area contributed by atoms with Crippen LogP contribution in [0.1, 0.15) is 11.6 Å². The van der Waals surface area contributed by atoms with Gasteiger partial charge in [0.2, 0.25) is 5.89 Å². The van der Waals surface area contributed by atoms with Crippen LogP contribution in [0.3, 0.4) is 0 Å². The molecule has 94 valence electrons. The van der Waals surface area contributed by atoms with E-state index < -0.39 is 0 Å². The SMILES string of the molecule is Cc1nnc(Sc2nc3sccn3c2CCN)o1. The summed E-state index contributed by atoms with van der Waals surface area (Å²) in [4.78, 5) is 5.51. The highest BCUT2D eigenvalue weighted by Crippen LogP contribution is 2.31. The van der Waals surface area contributed by atoms with Crippen molar-refractivity contribution in [3.8, 4) is 0 Å². The third-order valence-electron chi connectivity index (χ3n) is 2.40. The molecule has 0 atom stereocenters. The third-order valence-corrected chi connectivity index (χ3v) is 4.01. The number of hydrogen-bond donors (Lipinski definition) is 1. The van der Waals surface area contributed by atoms with Crippen LogP contribution in [0.2, 0.25) is 0 Å². The Morgan fingerprint density at radius 2 is 2.39 bits per heavy atom. The number of thiazole rings is 1. The van der Waals surface area contributed by atoms with Gasteiger partial charge < -0.3 is 10.2 Å². The molecule has 0 aliphatic carbocycles. The maximum atomic E-state index is 5.65. The van der Waals surface area contributed by atoms with E-state index in [2.05, 4.69) is 19.6 Å². The van der Waals surface area contributed by atoms with Gasteiger partial charge in [0.05, 0.1) is 5.69 Å². The highest BCUT2D eigenvalue weighted by Gasteiger charge is 2.16. The first-order chi connectivity index (χ1) is 8.78. The normalized spacial score (nSPS) is 11.4. The molecule has 3 aromatic heterocycles. The van der Waals surface area contributed by atoms with Crippen molar-refractivity contribution in [2.24, 2.45) is 5.73 Å². The van der Waals surface area contributed by atoms with Gasteiger partial charge in [0.15, 0.2) is 4.96 Å². The van der Waals surface area contributed by atoms with Gasteiger partial charge in [0.25, 0.3) is 5.22 Å². The van der Waals surface area contributed by atoms with Crippen molar-refractivity contribution in [2.75, 3.05) is 6.54 Å². The molecule has 0 aromatic carbocycles. The van der Waals surface area contributed by atoms with E-state index in [1.54, 1.807) is 18.3 Å². The number of nitrogens with two attached hydrogens (primary N) is 1. The van der Waals surface area contributed by atoms with Crippen molar-refractivity contribution < 1.29 is 4.42 Å². The van der Waals surface area contributed by atoms with E-state index in [9.17, 15) is 0 Å². The molecule has 2 N–H and O–H groups in total. The number of aromatic nitrogens is 4. The predicted octanol–water partition coefficient (Wildman–Crippen LogP) is 1.74. The molecule has 0 unspecified atom stereocenters. The Balaban J connectivity index is 1.99. The number of nitrogens with zero attached hydrogens (tertiary/aromatic N) is 4. The monoisotopic (exact) mass is 281 g/mol. The van der Waals surface area contributed by atoms with Gasteiger partial charge in [-0.3, -0.25) is 4.40 Å². The molecule has 18 heavy (non-hydrogen) atoms. The first-order valence-electron chi connectivity index (χ1n) is 5.40. The molecule has 0 radical (unpaired) electrons. The van der Waals surface area contributed by atoms with Gasteiger partial charge in [-0.05, 0) is 18.3 Å². The van der Waals surface area contributed by atoms with Gasteiger partial charge in [-0.25, -0.2) is 4.98 Å². The van der Waals surface area contributed by atoms with Gasteiger partial charge in [-0.1, -0.05) is 0 Å². The summed E-state index contributed by atoms with van der Waals surface area (Å²) in [7, 11) is 0. The number of hydrogen-bond acceptors (Lipinski definition) is 7. The minimum atomic E-state index is 0.511. The van der Waals surface area contributed by atoms with Crippen molar-refractivity contribution in [1.82, 2.24) is 19.6 Å². The zero-order chi connectivity index (χ0) is 12.5. The molecule has 0 aliphatic heterocycles. The first-order valence-corrected chi connectivity index (χ1v) is 7.10. The fraction of sp³-hybridized carbons (Fsp3) is 0.300. The van der Waals surface area contributed by atoms with E-state index in [1.807, 2.05) is 11.6 Å². The molecule has 8 heteroatoms. The minimum Gasteiger partial charge on any atom is -0.416 e. The van der Waals surface area contributed by atoms with Crippen LogP contribution >= 0.6 is 23.1 Å². The minimum absolute atomic E-state index is 0.511. The Morgan fingerprint density at radius 3 is 3.11 bits per heavy atom. The second-order valence-corrected chi connectivity index (χ2v) is 5.46. The van der Waals surface area contributed by atoms with Crippen LogP contribution < -0.4 is 5.73 Å². The molecule has 3 heterocycles. The molecule has 3 rings (SSSR count). The largest absolute Gasteiger partial charge is 0.416 e. The molecule has 6 nitrogen and oxygen atoms in total. The number of fused-ring (bicyclic) bond motifs is 1. The summed E-state index contributed by atoms with van der Waals surface area (Å²) in [6.07, 6.45) is 2.77. The van der Waals surface area contributed by atoms with Crippen LogP contribution in [0.25, 0.3) is 4.96 Å². The van der Waals surface area contributed by atoms with E-state index in [4.69, 9.17) is 10.2 Å². The van der Waals surface area contributed by atoms with Crippen LogP contribution in [0.4, 0.5) is 0 Å². The quantitative estimate of drug-likeness (QED) is 0.784. The molecular weight excluding hydrogens is 270 g/mol. The van der Waals surface area contributed by atoms with Crippen LogP contribution in [0.15, 0.2) is 26.2 Å². The maximum Gasteiger partial charge on any atom is 0.282 e. The van der Waals surface area contributed by atoms with Gasteiger partial charge in [-0.2, -0.15) is 0 Å². The fourth-order valence-corrected chi connectivity index (χ4v) is 3.31. The molecule has 3 aromatic rings. The smallest absolute Gasteiger partial charge is 0.282 e. The van der Waals surface area contributed by atoms with Crippen molar-refractivity contribution in [1.29, 1.82) is 0 Å². The van der Waals surface area contributed by atoms with Crippen LogP contribution in [-0.4, -0.2) is 26.1 Å². The van der Waals surface area contributed by atoms with E-state index >= 15 is 0 Å². The van der Waals surface area contributed by atoms with Gasteiger partial charge in [0.1, 0.15) is 5.03 Å². The summed E-state index contributed by atoms with van der Waals surface area (Å²) in [6.45, 7) is 2.35. The Morgan fingerprint density at radius 1 is 1.50 bits per heavy atom. The molecule has 0 spiro atoms. The van der Waals surface area contributed by atoms with Crippen molar-refractivity contribution in [2.45, 2.75) is 23.6 Å². The average molecular weight is 281 g/mol. The fourth-order valence-electron chi connectivity index (χ4n) is 1.66. The second kappa shape index (κ2) is 4.71. The Hall–Kier alpha value is -1.38. The first kappa shape index (κ1) is 11.7. The van der Waals surface area contributed by atoms with Gasteiger partial charge >= 0.3 is 0 Å². The summed E-state index contributed by atoms with van der Waals surface area (Å²) in [5.74, 6) is 0.555. The number of aryl methyl sites for hydroxylation is 1. The Bertz CT molecular complexity index is 671. The summed E-state index contributed by atoms with van der Waals surface area (Å²) < 4.78 is 7.42. The molecule has 0 saturated heterocycles. The highest BCUT2D eigenvalue weighted by atomic mass is 32.2. The second-order valence-electron chi connectivity index (χ2n) is 3.65.